The van der Waals surface area contributed by atoms with Crippen molar-refractivity contribution >= 4 is 139 Å². The van der Waals surface area contributed by atoms with E-state index >= 15 is 13.2 Å². The summed E-state index contributed by atoms with van der Waals surface area (Å²) in [7, 11) is 1.49. The van der Waals surface area contributed by atoms with Crippen LogP contribution in [-0.2, 0) is 81.2 Å². The molecule has 17 heterocycles. The number of benzene rings is 3. The molecular formula is C74H70F3N19O22. The summed E-state index contributed by atoms with van der Waals surface area (Å²) in [5, 5.41) is 25.7. The number of rotatable bonds is 7. The maximum Gasteiger partial charge on any atom is 0.416 e. The molecule has 20 rings (SSSR count). The molecule has 13 atom stereocenters. The minimum absolute atomic E-state index is 0.0116. The summed E-state index contributed by atoms with van der Waals surface area (Å²) in [6, 6.07) is -2.81. The minimum atomic E-state index is -1.80. The summed E-state index contributed by atoms with van der Waals surface area (Å²) in [6.07, 6.45) is 2.50. The number of methoxy groups -OCH3 is 1. The average molecular weight is 1630 g/mol. The number of urea groups is 3. The van der Waals surface area contributed by atoms with E-state index in [0.29, 0.717) is 28.1 Å². The molecule has 41 nitrogen and oxygen atoms in total. The highest BCUT2D eigenvalue weighted by atomic mass is 19.1. The summed E-state index contributed by atoms with van der Waals surface area (Å²) in [5.41, 5.74) is -3.76. The third kappa shape index (κ3) is 11.3. The Hall–Kier alpha value is -13.1. The van der Waals surface area contributed by atoms with Crippen LogP contribution < -0.4 is 61.3 Å². The van der Waals surface area contributed by atoms with Crippen LogP contribution in [0.5, 0.6) is 0 Å². The first-order valence-electron chi connectivity index (χ1n) is 37.5. The molecular weight excluding hydrogens is 1560 g/mol. The number of carbonyl (C=O) groups is 12. The van der Waals surface area contributed by atoms with Crippen molar-refractivity contribution in [3.63, 3.8) is 0 Å². The van der Waals surface area contributed by atoms with Crippen LogP contribution in [0.1, 0.15) is 88.6 Å². The van der Waals surface area contributed by atoms with Crippen LogP contribution >= 0.6 is 0 Å². The normalized spacial score (nSPS) is 28.0. The fourth-order valence-corrected chi connectivity index (χ4v) is 19.2. The van der Waals surface area contributed by atoms with Crippen LogP contribution in [0.15, 0.2) is 68.9 Å². The van der Waals surface area contributed by atoms with Crippen LogP contribution in [0.3, 0.4) is 0 Å². The van der Waals surface area contributed by atoms with E-state index < -0.39 is 166 Å². The van der Waals surface area contributed by atoms with Crippen molar-refractivity contribution in [3.8, 4) is 0 Å². The Morgan fingerprint density at radius 1 is 0.441 bits per heavy atom. The topological polar surface area (TPSA) is 491 Å². The lowest BCUT2D eigenvalue weighted by atomic mass is 9.66. The van der Waals surface area contributed by atoms with Gasteiger partial charge in [0, 0.05) is 70.8 Å². The van der Waals surface area contributed by atoms with Crippen LogP contribution in [-0.4, -0.2) is 221 Å². The molecule has 9 saturated heterocycles. The number of cyclic esters (lactones) is 3. The first-order chi connectivity index (χ1) is 56.5. The summed E-state index contributed by atoms with van der Waals surface area (Å²) in [5.74, 6) is -7.04. The minimum Gasteiger partial charge on any atom is -0.447 e. The highest BCUT2D eigenvalue weighted by Gasteiger charge is 2.67. The van der Waals surface area contributed by atoms with Crippen molar-refractivity contribution < 1.29 is 117 Å². The molecule has 8 aromatic rings. The number of nitrogens with one attached hydrogen (secondary N) is 6. The van der Waals surface area contributed by atoms with Crippen molar-refractivity contribution in [2.24, 2.45) is 16.2 Å². The van der Waals surface area contributed by atoms with E-state index in [2.05, 4.69) is 67.3 Å². The summed E-state index contributed by atoms with van der Waals surface area (Å²) >= 11 is 0. The van der Waals surface area contributed by atoms with Crippen LogP contribution in [0.25, 0.3) is 32.9 Å². The van der Waals surface area contributed by atoms with Gasteiger partial charge < -0.3 is 61.4 Å². The van der Waals surface area contributed by atoms with Gasteiger partial charge in [0.25, 0.3) is 0 Å². The molecule has 0 radical (unpaired) electrons. The van der Waals surface area contributed by atoms with Gasteiger partial charge >= 0.3 is 36.4 Å². The van der Waals surface area contributed by atoms with Crippen LogP contribution in [0.4, 0.5) is 76.5 Å². The first kappa shape index (κ1) is 76.2. The molecule has 6 N–H and O–H groups in total. The molecule has 0 aliphatic carbocycles. The van der Waals surface area contributed by atoms with Gasteiger partial charge in [-0.25, -0.2) is 56.6 Å². The quantitative estimate of drug-likeness (QED) is 0.0973. The van der Waals surface area contributed by atoms with Crippen LogP contribution in [0, 0.1) is 33.7 Å². The van der Waals surface area contributed by atoms with Crippen molar-refractivity contribution in [3.05, 3.63) is 101 Å². The maximum atomic E-state index is 16.4. The molecule has 5 aromatic heterocycles. The van der Waals surface area contributed by atoms with Crippen molar-refractivity contribution in [1.82, 2.24) is 67.3 Å². The number of hydrogen-bond donors (Lipinski definition) is 6. The number of carbonyl (C=O) groups excluding carboxylic acids is 12. The van der Waals surface area contributed by atoms with Gasteiger partial charge in [-0.3, -0.25) is 80.6 Å². The molecule has 9 fully saturated rings. The monoisotopic (exact) mass is 1630 g/mol. The second-order valence-corrected chi connectivity index (χ2v) is 30.8. The molecule has 0 saturated carbocycles. The number of morpholine rings is 3. The molecule has 0 unspecified atom stereocenters. The van der Waals surface area contributed by atoms with E-state index in [9.17, 15) is 57.5 Å². The Bertz CT molecular complexity index is 5400. The fourth-order valence-electron chi connectivity index (χ4n) is 19.2. The van der Waals surface area contributed by atoms with Gasteiger partial charge in [0.15, 0.2) is 51.2 Å². The molecule has 12 aliphatic rings. The Labute approximate surface area is 661 Å². The molecule has 0 bridgehead atoms. The largest absolute Gasteiger partial charge is 0.447 e. The zero-order chi connectivity index (χ0) is 82.9. The van der Waals surface area contributed by atoms with E-state index in [4.69, 9.17) is 46.7 Å². The number of imide groups is 6. The molecule has 15 amide bonds. The lowest BCUT2D eigenvalue weighted by Gasteiger charge is -2.55. The van der Waals surface area contributed by atoms with Gasteiger partial charge in [-0.1, -0.05) is 15.5 Å². The zero-order valence-corrected chi connectivity index (χ0v) is 63.5. The standard InChI is InChI=1S/2C25H22FN7O7.C24H26FN5O8/c2*1-10-8-32-17-12(6-25(19(32)11(2)39-10)21(34)29-23(36)30-22(25)35)5-13-18(16(17)26)40-31-20(13)33-15(9-38-24(33)37)14-7-27-3-4-28-14;1-9-7-29-16-12(6-24(18(29)11(3)37-9)20(31)26-22(33)27-21(24)32)5-13-17(15(16)25)38-28-19(13)30-14(10(2)35-4)8-36-23(30)34/h2*3-5,7,10-11,15,19H,6,8-9H2,1-2H3,(H2,29,30,34,35,36);5,9-11,14,18H,6-8H2,1-4H3,(H2,26,27,31,32,33)/t10-,11+,15+,19-;10-,11+,15-,19-;9-,10+,11+,14+,18-/m111/s1. The molecule has 44 heteroatoms. The van der Waals surface area contributed by atoms with Crippen molar-refractivity contribution in [2.75, 3.05) is 76.0 Å². The molecule has 3 aromatic carbocycles. The third-order valence-electron chi connectivity index (χ3n) is 23.9. The SMILES string of the molecule is CO[C@@H](C)[C@@H]1COC(=O)N1c1noc2c(F)c3c(cc12)CC1(C(=O)NC(=O)NC1=O)[C@H]1[C@H](C)O[C@H](C)CN31.C[C@@H]1CN2c3c(cc4c(N5C(=O)OC[C@@H]5c5cnccn5)noc4c3F)CC3(C(=O)NC(=O)NC3=O)[C@H]2[C@H](C)O1.C[C@@H]1CN2c3c(cc4c(N5C(=O)OC[C@H]5c5cnccn5)noc4c3F)CC3(C(=O)NC(=O)NC3=O)[C@H]2[C@H](C)O1. The van der Waals surface area contributed by atoms with Gasteiger partial charge in [-0.05, 0) is 83.4 Å². The predicted molar refractivity (Wildman–Crippen MR) is 390 cm³/mol. The molecule has 118 heavy (non-hydrogen) atoms. The Morgan fingerprint density at radius 3 is 1.05 bits per heavy atom. The lowest BCUT2D eigenvalue weighted by Crippen LogP contribution is -2.75. The van der Waals surface area contributed by atoms with Gasteiger partial charge in [0.05, 0.1) is 118 Å². The van der Waals surface area contributed by atoms with Crippen molar-refractivity contribution in [2.45, 2.75) is 147 Å². The van der Waals surface area contributed by atoms with E-state index in [1.165, 1.54) is 59.0 Å². The molecule has 3 spiro atoms. The van der Waals surface area contributed by atoms with Gasteiger partial charge in [0.2, 0.25) is 52.2 Å². The highest BCUT2D eigenvalue weighted by Crippen LogP contribution is 2.55. The maximum absolute atomic E-state index is 16.4. The van der Waals surface area contributed by atoms with Crippen LogP contribution in [0.2, 0.25) is 0 Å². The fraction of sp³-hybridized carbons (Fsp3) is 0.446. The number of nitrogens with zero attached hydrogens (tertiary/aromatic N) is 13. The average Bonchev–Trinajstić information content (AvgIpc) is 1.14. The number of aromatic nitrogens is 7. The van der Waals surface area contributed by atoms with E-state index in [1.807, 2.05) is 0 Å². The summed E-state index contributed by atoms with van der Waals surface area (Å²) < 4.78 is 104. The number of amides is 15. The summed E-state index contributed by atoms with van der Waals surface area (Å²) in [6.45, 7) is 12.7. The van der Waals surface area contributed by atoms with E-state index in [-0.39, 0.29) is 144 Å². The number of halogens is 3. The van der Waals surface area contributed by atoms with E-state index in [0.717, 1.165) is 0 Å². The van der Waals surface area contributed by atoms with Crippen molar-refractivity contribution in [1.29, 1.82) is 0 Å². The first-order valence-corrected chi connectivity index (χ1v) is 37.5. The molecule has 614 valence electrons. The predicted octanol–water partition coefficient (Wildman–Crippen LogP) is 3.91. The Morgan fingerprint density at radius 2 is 0.746 bits per heavy atom. The number of barbiturate groups is 3. The highest BCUT2D eigenvalue weighted by molar-refractivity contribution is 6.23. The summed E-state index contributed by atoms with van der Waals surface area (Å²) in [4.78, 5) is 180. The number of anilines is 6. The third-order valence-corrected chi connectivity index (χ3v) is 23.9. The van der Waals surface area contributed by atoms with Gasteiger partial charge in [-0.15, -0.1) is 0 Å². The van der Waals surface area contributed by atoms with Gasteiger partial charge in [0.1, 0.15) is 37.9 Å². The molecule has 12 aliphatic heterocycles. The number of fused-ring (bicyclic) bond motifs is 15. The van der Waals surface area contributed by atoms with E-state index in [1.54, 1.807) is 81.4 Å². The smallest absolute Gasteiger partial charge is 0.416 e. The Balaban J connectivity index is 0.000000122. The number of ether oxygens (including phenoxy) is 7. The Kier molecular flexibility index (Phi) is 18.0. The zero-order valence-electron chi connectivity index (χ0n) is 63.5. The second kappa shape index (κ2) is 27.8. The second-order valence-electron chi connectivity index (χ2n) is 30.8. The number of hydrogen-bond acceptors (Lipinski definition) is 32. The van der Waals surface area contributed by atoms with Gasteiger partial charge in [-0.2, -0.15) is 0 Å². The lowest BCUT2D eigenvalue weighted by molar-refractivity contribution is -0.154.